The van der Waals surface area contributed by atoms with E-state index < -0.39 is 5.97 Å². The lowest BCUT2D eigenvalue weighted by Crippen LogP contribution is -2.06. The van der Waals surface area contributed by atoms with Crippen LogP contribution in [0.25, 0.3) is 0 Å². The van der Waals surface area contributed by atoms with Gasteiger partial charge in [0.05, 0.1) is 13.0 Å². The number of aromatic nitrogens is 1. The number of nitrogens with zero attached hydrogens (tertiary/aromatic N) is 1. The number of aliphatic carboxylic acids is 1. The summed E-state index contributed by atoms with van der Waals surface area (Å²) in [5.74, 6) is -0.0194. The van der Waals surface area contributed by atoms with Crippen LogP contribution in [0.3, 0.4) is 0 Å². The average molecular weight is 167 g/mol. The van der Waals surface area contributed by atoms with Crippen LogP contribution in [0.4, 0.5) is 0 Å². The monoisotopic (exact) mass is 167 g/mol. The van der Waals surface area contributed by atoms with E-state index in [4.69, 9.17) is 9.84 Å². The van der Waals surface area contributed by atoms with Crippen LogP contribution in [0.5, 0.6) is 5.88 Å². The van der Waals surface area contributed by atoms with Crippen molar-refractivity contribution in [3.05, 3.63) is 17.8 Å². The summed E-state index contributed by atoms with van der Waals surface area (Å²) >= 11 is 0. The minimum Gasteiger partial charge on any atom is -0.481 e. The van der Waals surface area contributed by atoms with E-state index >= 15 is 0 Å². The van der Waals surface area contributed by atoms with E-state index in [0.29, 0.717) is 6.61 Å². The van der Waals surface area contributed by atoms with Crippen molar-refractivity contribution in [1.82, 2.24) is 4.57 Å². The Kier molecular flexibility index (Phi) is 1.53. The zero-order chi connectivity index (χ0) is 8.55. The fraction of sp³-hybridized carbons (Fsp3) is 0.375. The first-order valence-electron chi connectivity index (χ1n) is 3.80. The van der Waals surface area contributed by atoms with Crippen molar-refractivity contribution in [1.29, 1.82) is 0 Å². The van der Waals surface area contributed by atoms with Gasteiger partial charge in [-0.15, -0.1) is 0 Å². The highest BCUT2D eigenvalue weighted by molar-refractivity contribution is 5.69. The van der Waals surface area contributed by atoms with Gasteiger partial charge in [-0.2, -0.15) is 0 Å². The molecule has 0 unspecified atom stereocenters. The molecule has 1 N–H and O–H groups in total. The molecule has 4 heteroatoms. The van der Waals surface area contributed by atoms with Gasteiger partial charge in [-0.3, -0.25) is 4.79 Å². The van der Waals surface area contributed by atoms with Crippen molar-refractivity contribution in [2.75, 3.05) is 6.61 Å². The van der Waals surface area contributed by atoms with Crippen LogP contribution in [0.1, 0.15) is 5.69 Å². The first-order chi connectivity index (χ1) is 5.77. The number of carbonyl (C=O) groups is 1. The van der Waals surface area contributed by atoms with Crippen LogP contribution >= 0.6 is 0 Å². The van der Waals surface area contributed by atoms with Gasteiger partial charge in [0.25, 0.3) is 0 Å². The van der Waals surface area contributed by atoms with E-state index in [1.165, 1.54) is 0 Å². The van der Waals surface area contributed by atoms with Crippen LogP contribution in [-0.2, 0) is 17.8 Å². The molecule has 1 aromatic heterocycles. The number of carboxylic acids is 1. The Balaban J connectivity index is 2.27. The molecule has 1 aromatic rings. The van der Waals surface area contributed by atoms with Gasteiger partial charge in [-0.05, 0) is 6.07 Å². The number of fused-ring (bicyclic) bond motifs is 1. The zero-order valence-electron chi connectivity index (χ0n) is 6.49. The highest BCUT2D eigenvalue weighted by atomic mass is 16.5. The minimum absolute atomic E-state index is 0.0728. The number of hydrogen-bond acceptors (Lipinski definition) is 2. The van der Waals surface area contributed by atoms with E-state index in [1.54, 1.807) is 6.07 Å². The quantitative estimate of drug-likeness (QED) is 0.698. The molecule has 1 aliphatic heterocycles. The molecular weight excluding hydrogens is 158 g/mol. The van der Waals surface area contributed by atoms with Crippen molar-refractivity contribution in [2.24, 2.45) is 0 Å². The zero-order valence-corrected chi connectivity index (χ0v) is 6.49. The largest absolute Gasteiger partial charge is 0.481 e. The molecule has 0 fully saturated rings. The summed E-state index contributed by atoms with van der Waals surface area (Å²) in [6.45, 7) is 1.42. The molecule has 0 aliphatic carbocycles. The van der Waals surface area contributed by atoms with Gasteiger partial charge in [0, 0.05) is 11.8 Å². The van der Waals surface area contributed by atoms with Gasteiger partial charge in [0.1, 0.15) is 6.61 Å². The van der Waals surface area contributed by atoms with E-state index in [1.807, 2.05) is 10.6 Å². The van der Waals surface area contributed by atoms with Crippen molar-refractivity contribution in [3.8, 4) is 5.88 Å². The number of rotatable bonds is 2. The van der Waals surface area contributed by atoms with Crippen LogP contribution in [0.2, 0.25) is 0 Å². The van der Waals surface area contributed by atoms with Gasteiger partial charge < -0.3 is 14.4 Å². The van der Waals surface area contributed by atoms with Crippen molar-refractivity contribution in [2.45, 2.75) is 13.0 Å². The molecule has 64 valence electrons. The summed E-state index contributed by atoms with van der Waals surface area (Å²) in [4.78, 5) is 10.4. The van der Waals surface area contributed by atoms with Gasteiger partial charge in [-0.25, -0.2) is 0 Å². The lowest BCUT2D eigenvalue weighted by molar-refractivity contribution is -0.136. The van der Waals surface area contributed by atoms with E-state index in [0.717, 1.165) is 18.1 Å². The highest BCUT2D eigenvalue weighted by Crippen LogP contribution is 2.21. The lowest BCUT2D eigenvalue weighted by atomic mass is 10.3. The molecule has 0 saturated heterocycles. The SMILES string of the molecule is O=C(O)Cc1ccc2n1CCO2. The van der Waals surface area contributed by atoms with Crippen LogP contribution < -0.4 is 4.74 Å². The van der Waals surface area contributed by atoms with Crippen molar-refractivity contribution < 1.29 is 14.6 Å². The van der Waals surface area contributed by atoms with Crippen molar-refractivity contribution >= 4 is 5.97 Å². The molecule has 12 heavy (non-hydrogen) atoms. The maximum absolute atomic E-state index is 10.4. The van der Waals surface area contributed by atoms with E-state index in [2.05, 4.69) is 0 Å². The third-order valence-electron chi connectivity index (χ3n) is 1.93. The molecule has 0 amide bonds. The third kappa shape index (κ3) is 1.05. The highest BCUT2D eigenvalue weighted by Gasteiger charge is 2.16. The number of ether oxygens (including phenoxy) is 1. The van der Waals surface area contributed by atoms with Gasteiger partial charge in [0.15, 0.2) is 5.88 Å². The standard InChI is InChI=1S/C8H9NO3/c10-8(11)5-6-1-2-7-9(6)3-4-12-7/h1-2H,3-5H2,(H,10,11). The maximum atomic E-state index is 10.4. The molecule has 0 aromatic carbocycles. The number of hydrogen-bond donors (Lipinski definition) is 1. The summed E-state index contributed by atoms with van der Waals surface area (Å²) in [6.07, 6.45) is 0.0728. The second-order valence-electron chi connectivity index (χ2n) is 2.73. The fourth-order valence-corrected chi connectivity index (χ4v) is 1.42. The molecule has 0 saturated carbocycles. The van der Waals surface area contributed by atoms with Crippen LogP contribution in [-0.4, -0.2) is 22.2 Å². The molecule has 0 spiro atoms. The Morgan fingerprint density at radius 1 is 1.67 bits per heavy atom. The Labute approximate surface area is 69.4 Å². The molecule has 2 rings (SSSR count). The Hall–Kier alpha value is -1.45. The summed E-state index contributed by atoms with van der Waals surface area (Å²) in [5, 5.41) is 8.56. The van der Waals surface area contributed by atoms with Crippen molar-refractivity contribution in [3.63, 3.8) is 0 Å². The van der Waals surface area contributed by atoms with Gasteiger partial charge >= 0.3 is 5.97 Å². The van der Waals surface area contributed by atoms with E-state index in [9.17, 15) is 4.79 Å². The first-order valence-corrected chi connectivity index (χ1v) is 3.80. The third-order valence-corrected chi connectivity index (χ3v) is 1.93. The fourth-order valence-electron chi connectivity index (χ4n) is 1.42. The minimum atomic E-state index is -0.803. The van der Waals surface area contributed by atoms with Crippen LogP contribution in [0, 0.1) is 0 Å². The maximum Gasteiger partial charge on any atom is 0.309 e. The molecule has 1 aliphatic rings. The molecule has 0 bridgehead atoms. The second kappa shape index (κ2) is 2.55. The van der Waals surface area contributed by atoms with Gasteiger partial charge in [-0.1, -0.05) is 0 Å². The molecule has 4 nitrogen and oxygen atoms in total. The topological polar surface area (TPSA) is 51.5 Å². The second-order valence-corrected chi connectivity index (χ2v) is 2.73. The summed E-state index contributed by atoms with van der Waals surface area (Å²) < 4.78 is 7.13. The number of carboxylic acid groups (broad SMARTS) is 1. The van der Waals surface area contributed by atoms with Crippen LogP contribution in [0.15, 0.2) is 12.1 Å². The molecule has 2 heterocycles. The lowest BCUT2D eigenvalue weighted by Gasteiger charge is -1.99. The van der Waals surface area contributed by atoms with Gasteiger partial charge in [0.2, 0.25) is 0 Å². The summed E-state index contributed by atoms with van der Waals surface area (Å²) in [7, 11) is 0. The summed E-state index contributed by atoms with van der Waals surface area (Å²) in [5.41, 5.74) is 0.815. The smallest absolute Gasteiger partial charge is 0.309 e. The predicted molar refractivity (Wildman–Crippen MR) is 41.3 cm³/mol. The Morgan fingerprint density at radius 2 is 2.50 bits per heavy atom. The summed E-state index contributed by atoms with van der Waals surface area (Å²) in [6, 6.07) is 3.61. The molecular formula is C8H9NO3. The first kappa shape index (κ1) is 7.21. The van der Waals surface area contributed by atoms with E-state index in [-0.39, 0.29) is 6.42 Å². The average Bonchev–Trinajstić information content (AvgIpc) is 2.52. The Bertz CT molecular complexity index is 316. The molecule has 0 atom stereocenters. The Morgan fingerprint density at radius 3 is 3.25 bits per heavy atom. The normalized spacial score (nSPS) is 14.0. The predicted octanol–water partition coefficient (Wildman–Crippen LogP) is 0.508. The molecule has 0 radical (unpaired) electrons.